The minimum Gasteiger partial charge on any atom is -0.379 e. The molecule has 0 atom stereocenters. The van der Waals surface area contributed by atoms with E-state index in [0.717, 1.165) is 6.07 Å². The van der Waals surface area contributed by atoms with E-state index in [9.17, 15) is 17.6 Å². The van der Waals surface area contributed by atoms with Gasteiger partial charge in [-0.05, 0) is 30.3 Å². The maximum Gasteiger partial charge on any atom is 0.339 e. The summed E-state index contributed by atoms with van der Waals surface area (Å²) in [5, 5.41) is 9.73. The number of rotatable bonds is 5. The zero-order chi connectivity index (χ0) is 18.0. The highest BCUT2D eigenvalue weighted by atomic mass is 32.2. The number of hydrogen-bond acceptors (Lipinski definition) is 5. The molecule has 9 heteroatoms. The van der Waals surface area contributed by atoms with E-state index in [1.807, 2.05) is 0 Å². The lowest BCUT2D eigenvalue weighted by Gasteiger charge is -2.07. The van der Waals surface area contributed by atoms with Crippen molar-refractivity contribution in [3.05, 3.63) is 54.0 Å². The van der Waals surface area contributed by atoms with Crippen LogP contribution in [0.4, 0.5) is 4.39 Å². The van der Waals surface area contributed by atoms with Crippen molar-refractivity contribution < 1.29 is 21.8 Å². The molecular weight excluding hydrogens is 349 g/mol. The number of aromatic amines is 1. The first kappa shape index (κ1) is 16.9. The van der Waals surface area contributed by atoms with Crippen LogP contribution in [0.1, 0.15) is 5.69 Å². The van der Waals surface area contributed by atoms with Crippen molar-refractivity contribution in [2.75, 3.05) is 7.05 Å². The second kappa shape index (κ2) is 6.52. The van der Waals surface area contributed by atoms with Gasteiger partial charge in [-0.15, -0.1) is 0 Å². The first-order chi connectivity index (χ1) is 11.9. The predicted molar refractivity (Wildman–Crippen MR) is 88.1 cm³/mol. The fraction of sp³-hybridized carbons (Fsp3) is 0.125. The normalized spacial score (nSPS) is 11.4. The summed E-state index contributed by atoms with van der Waals surface area (Å²) in [5.74, 6) is -0.974. The zero-order valence-corrected chi connectivity index (χ0v) is 13.9. The summed E-state index contributed by atoms with van der Waals surface area (Å²) >= 11 is 0. The van der Waals surface area contributed by atoms with Crippen molar-refractivity contribution in [2.45, 2.75) is 11.3 Å². The zero-order valence-electron chi connectivity index (χ0n) is 13.1. The molecule has 0 radical (unpaired) electrons. The fourth-order valence-electron chi connectivity index (χ4n) is 2.28. The third-order valence-corrected chi connectivity index (χ3v) is 4.75. The van der Waals surface area contributed by atoms with Crippen molar-refractivity contribution >= 4 is 26.9 Å². The van der Waals surface area contributed by atoms with Crippen LogP contribution in [0.15, 0.2) is 47.4 Å². The Hall–Kier alpha value is -2.94. The molecule has 25 heavy (non-hydrogen) atoms. The third kappa shape index (κ3) is 3.61. The molecular formula is C16H14FN3O4S. The van der Waals surface area contributed by atoms with Crippen LogP contribution in [0.5, 0.6) is 5.75 Å². The van der Waals surface area contributed by atoms with E-state index in [1.54, 1.807) is 0 Å². The molecule has 0 aliphatic heterocycles. The largest absolute Gasteiger partial charge is 0.379 e. The Morgan fingerprint density at radius 1 is 1.28 bits per heavy atom. The third-order valence-electron chi connectivity index (χ3n) is 3.51. The van der Waals surface area contributed by atoms with Gasteiger partial charge in [-0.3, -0.25) is 9.89 Å². The average molecular weight is 363 g/mol. The second-order valence-electron chi connectivity index (χ2n) is 5.23. The number of likely N-dealkylation sites (N-methyl/N-ethyl adjacent to an activating group) is 1. The topological polar surface area (TPSA) is 101 Å². The van der Waals surface area contributed by atoms with Gasteiger partial charge in [0.1, 0.15) is 16.5 Å². The minimum absolute atomic E-state index is 0.0290. The monoisotopic (exact) mass is 363 g/mol. The van der Waals surface area contributed by atoms with E-state index in [2.05, 4.69) is 15.5 Å². The molecule has 0 unspecified atom stereocenters. The fourth-order valence-corrected chi connectivity index (χ4v) is 3.23. The van der Waals surface area contributed by atoms with E-state index < -0.39 is 15.9 Å². The van der Waals surface area contributed by atoms with Gasteiger partial charge in [-0.1, -0.05) is 6.07 Å². The Labute approximate surface area is 142 Å². The van der Waals surface area contributed by atoms with E-state index >= 15 is 0 Å². The lowest BCUT2D eigenvalue weighted by atomic mass is 10.1. The Kier molecular flexibility index (Phi) is 4.41. The second-order valence-corrected chi connectivity index (χ2v) is 6.77. The number of carbonyl (C=O) groups excluding carboxylic acids is 1. The molecule has 0 aliphatic rings. The van der Waals surface area contributed by atoms with Crippen LogP contribution >= 0.6 is 0 Å². The van der Waals surface area contributed by atoms with Crippen molar-refractivity contribution in [1.82, 2.24) is 15.5 Å². The molecule has 2 aromatic carbocycles. The molecule has 0 saturated heterocycles. The number of nitrogens with zero attached hydrogens (tertiary/aromatic N) is 1. The summed E-state index contributed by atoms with van der Waals surface area (Å²) in [7, 11) is -2.66. The summed E-state index contributed by atoms with van der Waals surface area (Å²) < 4.78 is 43.0. The molecule has 2 N–H and O–H groups in total. The molecule has 1 amide bonds. The van der Waals surface area contributed by atoms with Crippen LogP contribution in [-0.4, -0.2) is 31.6 Å². The van der Waals surface area contributed by atoms with Gasteiger partial charge in [-0.2, -0.15) is 13.5 Å². The highest BCUT2D eigenvalue weighted by Crippen LogP contribution is 2.24. The summed E-state index contributed by atoms with van der Waals surface area (Å²) in [6.07, 6.45) is 0.0290. The quantitative estimate of drug-likeness (QED) is 0.673. The number of halogens is 1. The number of carbonyl (C=O) groups is 1. The summed E-state index contributed by atoms with van der Waals surface area (Å²) in [4.78, 5) is 11.4. The molecule has 1 heterocycles. The van der Waals surface area contributed by atoms with Gasteiger partial charge in [0.05, 0.1) is 17.6 Å². The van der Waals surface area contributed by atoms with Gasteiger partial charge in [0.2, 0.25) is 5.91 Å². The molecule has 0 saturated carbocycles. The van der Waals surface area contributed by atoms with Gasteiger partial charge in [0, 0.05) is 18.5 Å². The highest BCUT2D eigenvalue weighted by molar-refractivity contribution is 7.87. The van der Waals surface area contributed by atoms with Gasteiger partial charge in [-0.25, -0.2) is 4.39 Å². The Bertz CT molecular complexity index is 1050. The molecule has 1 aromatic heterocycles. The molecule has 3 rings (SSSR count). The Balaban J connectivity index is 1.97. The van der Waals surface area contributed by atoms with Crippen molar-refractivity contribution in [3.63, 3.8) is 0 Å². The first-order valence-corrected chi connectivity index (χ1v) is 8.67. The number of amides is 1. The maximum absolute atomic E-state index is 13.2. The summed E-state index contributed by atoms with van der Waals surface area (Å²) in [5.41, 5.74) is 1.00. The predicted octanol–water partition coefficient (Wildman–Crippen LogP) is 1.76. The highest BCUT2D eigenvalue weighted by Gasteiger charge is 2.19. The number of aromatic nitrogens is 2. The van der Waals surface area contributed by atoms with Crippen LogP contribution in [0, 0.1) is 5.82 Å². The number of hydrogen-bond donors (Lipinski definition) is 2. The lowest BCUT2D eigenvalue weighted by Crippen LogP contribution is -2.20. The molecule has 3 aromatic rings. The number of benzene rings is 2. The number of H-pyrrole nitrogens is 1. The summed E-state index contributed by atoms with van der Waals surface area (Å²) in [6, 6.07) is 9.05. The standard InChI is InChI=1S/C16H14FN3O4S/c1-18-16(21)9-15-13-8-12(5-6-14(13)19-20-15)25(22,23)24-11-4-2-3-10(17)7-11/h2-8H,9H2,1H3,(H,18,21)(H,19,20). The van der Waals surface area contributed by atoms with Gasteiger partial charge in [0.15, 0.2) is 0 Å². The van der Waals surface area contributed by atoms with Crippen molar-refractivity contribution in [1.29, 1.82) is 0 Å². The smallest absolute Gasteiger partial charge is 0.339 e. The Morgan fingerprint density at radius 2 is 2.08 bits per heavy atom. The molecule has 0 bridgehead atoms. The number of fused-ring (bicyclic) bond motifs is 1. The first-order valence-electron chi connectivity index (χ1n) is 7.27. The van der Waals surface area contributed by atoms with E-state index in [1.165, 1.54) is 43.4 Å². The van der Waals surface area contributed by atoms with Crippen molar-refractivity contribution in [3.8, 4) is 5.75 Å². The van der Waals surface area contributed by atoms with Gasteiger partial charge >= 0.3 is 10.1 Å². The van der Waals surface area contributed by atoms with Gasteiger partial charge in [0.25, 0.3) is 0 Å². The molecule has 7 nitrogen and oxygen atoms in total. The summed E-state index contributed by atoms with van der Waals surface area (Å²) in [6.45, 7) is 0. The Morgan fingerprint density at radius 3 is 2.80 bits per heavy atom. The minimum atomic E-state index is -4.16. The van der Waals surface area contributed by atoms with Crippen LogP contribution in [0.2, 0.25) is 0 Å². The lowest BCUT2D eigenvalue weighted by molar-refractivity contribution is -0.119. The maximum atomic E-state index is 13.2. The van der Waals surface area contributed by atoms with E-state index in [-0.39, 0.29) is 23.0 Å². The molecule has 0 aliphatic carbocycles. The van der Waals surface area contributed by atoms with Crippen LogP contribution in [0.3, 0.4) is 0 Å². The molecule has 0 fully saturated rings. The van der Waals surface area contributed by atoms with E-state index in [4.69, 9.17) is 4.18 Å². The van der Waals surface area contributed by atoms with Crippen molar-refractivity contribution in [2.24, 2.45) is 0 Å². The molecule has 130 valence electrons. The van der Waals surface area contributed by atoms with E-state index in [0.29, 0.717) is 16.6 Å². The number of nitrogens with one attached hydrogen (secondary N) is 2. The average Bonchev–Trinajstić information content (AvgIpc) is 2.96. The van der Waals surface area contributed by atoms with Gasteiger partial charge < -0.3 is 9.50 Å². The molecule has 0 spiro atoms. The van der Waals surface area contributed by atoms with Crippen LogP contribution in [0.25, 0.3) is 10.9 Å². The SMILES string of the molecule is CNC(=O)Cc1[nH]nc2ccc(S(=O)(=O)Oc3cccc(F)c3)cc12. The van der Waals surface area contributed by atoms with Crippen LogP contribution in [-0.2, 0) is 21.3 Å². The van der Waals surface area contributed by atoms with Crippen LogP contribution < -0.4 is 9.50 Å².